The number of rotatable bonds is 6. The van der Waals surface area contributed by atoms with E-state index in [-0.39, 0.29) is 19.3 Å². The number of esters is 1. The monoisotopic (exact) mass is 216 g/mol. The first kappa shape index (κ1) is 13.5. The van der Waals surface area contributed by atoms with Gasteiger partial charge in [-0.15, -0.1) is 0 Å². The van der Waals surface area contributed by atoms with Gasteiger partial charge in [0.05, 0.1) is 0 Å². The molecule has 1 unspecified atom stereocenters. The second kappa shape index (κ2) is 7.84. The van der Waals surface area contributed by atoms with Crippen LogP contribution in [0.25, 0.3) is 0 Å². The van der Waals surface area contributed by atoms with Crippen molar-refractivity contribution >= 4 is 12.1 Å². The highest BCUT2D eigenvalue weighted by atomic mass is 16.7. The summed E-state index contributed by atoms with van der Waals surface area (Å²) in [5, 5.41) is 0. The maximum absolute atomic E-state index is 10.9. The molecule has 1 atom stereocenters. The van der Waals surface area contributed by atoms with Crippen LogP contribution in [0.5, 0.6) is 0 Å². The molecule has 0 aliphatic carbocycles. The van der Waals surface area contributed by atoms with Crippen LogP contribution in [0.3, 0.4) is 0 Å². The predicted octanol–water partition coefficient (Wildman–Crippen LogP) is 1.67. The number of hydrogen-bond acceptors (Lipinski definition) is 5. The topological polar surface area (TPSA) is 61.8 Å². The first-order valence-corrected chi connectivity index (χ1v) is 4.72. The van der Waals surface area contributed by atoms with E-state index in [0.29, 0.717) is 0 Å². The quantitative estimate of drug-likeness (QED) is 0.384. The highest BCUT2D eigenvalue weighted by molar-refractivity contribution is 5.81. The minimum absolute atomic E-state index is 0.000456. The highest BCUT2D eigenvalue weighted by Gasteiger charge is 2.08. The molecule has 0 radical (unpaired) electrons. The summed E-state index contributed by atoms with van der Waals surface area (Å²) in [7, 11) is 0. The fraction of sp³-hybridized carbons (Fsp3) is 0.600. The van der Waals surface area contributed by atoms with Crippen LogP contribution < -0.4 is 0 Å². The molecular formula is C10H16O5. The molecule has 0 fully saturated rings. The number of hydrogen-bond donors (Lipinski definition) is 0. The molecular weight excluding hydrogens is 200 g/mol. The molecule has 0 aromatic carbocycles. The summed E-state index contributed by atoms with van der Waals surface area (Å²) >= 11 is 0. The Hall–Kier alpha value is -1.52. The SMILES string of the molecule is C=CC(=O)OCCOC(=O)OC(C)CC. The van der Waals surface area contributed by atoms with Crippen molar-refractivity contribution in [1.29, 1.82) is 0 Å². The molecule has 0 amide bonds. The van der Waals surface area contributed by atoms with Gasteiger partial charge in [0.25, 0.3) is 0 Å². The molecule has 0 saturated carbocycles. The van der Waals surface area contributed by atoms with Crippen molar-refractivity contribution in [2.24, 2.45) is 0 Å². The fourth-order valence-corrected chi connectivity index (χ4v) is 0.608. The van der Waals surface area contributed by atoms with Crippen molar-refractivity contribution < 1.29 is 23.8 Å². The van der Waals surface area contributed by atoms with E-state index in [1.54, 1.807) is 6.92 Å². The Morgan fingerprint density at radius 1 is 1.33 bits per heavy atom. The van der Waals surface area contributed by atoms with Gasteiger partial charge in [0.1, 0.15) is 19.3 Å². The molecule has 0 aromatic rings. The van der Waals surface area contributed by atoms with E-state index in [2.05, 4.69) is 16.1 Å². The summed E-state index contributed by atoms with van der Waals surface area (Å²) in [6, 6.07) is 0. The van der Waals surface area contributed by atoms with Gasteiger partial charge >= 0.3 is 12.1 Å². The third kappa shape index (κ3) is 7.54. The third-order valence-corrected chi connectivity index (χ3v) is 1.59. The molecule has 5 nitrogen and oxygen atoms in total. The van der Waals surface area contributed by atoms with Crippen LogP contribution in [0.2, 0.25) is 0 Å². The second-order valence-electron chi connectivity index (χ2n) is 2.81. The summed E-state index contributed by atoms with van der Waals surface area (Å²) in [6.45, 7) is 6.85. The van der Waals surface area contributed by atoms with Gasteiger partial charge in [0.2, 0.25) is 0 Å². The lowest BCUT2D eigenvalue weighted by molar-refractivity contribution is -0.139. The minimum atomic E-state index is -0.751. The maximum atomic E-state index is 10.9. The average Bonchev–Trinajstić information content (AvgIpc) is 2.23. The average molecular weight is 216 g/mol. The summed E-state index contributed by atoms with van der Waals surface area (Å²) in [6.07, 6.45) is 0.838. The van der Waals surface area contributed by atoms with Crippen molar-refractivity contribution in [2.75, 3.05) is 13.2 Å². The summed E-state index contributed by atoms with van der Waals surface area (Å²) < 4.78 is 14.0. The number of carbonyl (C=O) groups is 2. The van der Waals surface area contributed by atoms with Crippen LogP contribution in [-0.2, 0) is 19.0 Å². The Bertz CT molecular complexity index is 224. The highest BCUT2D eigenvalue weighted by Crippen LogP contribution is 1.98. The van der Waals surface area contributed by atoms with Crippen molar-refractivity contribution in [2.45, 2.75) is 26.4 Å². The van der Waals surface area contributed by atoms with Crippen LogP contribution in [0.15, 0.2) is 12.7 Å². The van der Waals surface area contributed by atoms with Crippen molar-refractivity contribution in [3.05, 3.63) is 12.7 Å². The van der Waals surface area contributed by atoms with Gasteiger partial charge in [0.15, 0.2) is 0 Å². The smallest absolute Gasteiger partial charge is 0.459 e. The Kier molecular flexibility index (Phi) is 7.05. The maximum Gasteiger partial charge on any atom is 0.508 e. The second-order valence-corrected chi connectivity index (χ2v) is 2.81. The molecule has 0 saturated heterocycles. The van der Waals surface area contributed by atoms with Crippen LogP contribution in [0.1, 0.15) is 20.3 Å². The van der Waals surface area contributed by atoms with E-state index in [1.165, 1.54) is 0 Å². The Morgan fingerprint density at radius 3 is 2.47 bits per heavy atom. The molecule has 0 N–H and O–H groups in total. The van der Waals surface area contributed by atoms with E-state index < -0.39 is 12.1 Å². The first-order chi connectivity index (χ1) is 7.10. The van der Waals surface area contributed by atoms with Gasteiger partial charge in [-0.3, -0.25) is 0 Å². The van der Waals surface area contributed by atoms with Gasteiger partial charge in [-0.1, -0.05) is 13.5 Å². The number of carbonyl (C=O) groups excluding carboxylic acids is 2. The molecule has 0 aliphatic rings. The molecule has 0 spiro atoms. The molecule has 15 heavy (non-hydrogen) atoms. The molecule has 0 aromatic heterocycles. The molecule has 0 aliphatic heterocycles. The van der Waals surface area contributed by atoms with Gasteiger partial charge in [-0.25, -0.2) is 9.59 Å². The van der Waals surface area contributed by atoms with Gasteiger partial charge < -0.3 is 14.2 Å². The molecule has 0 bridgehead atoms. The lowest BCUT2D eigenvalue weighted by Crippen LogP contribution is -2.18. The van der Waals surface area contributed by atoms with Crippen molar-refractivity contribution in [1.82, 2.24) is 0 Å². The summed E-state index contributed by atoms with van der Waals surface area (Å²) in [4.78, 5) is 21.5. The van der Waals surface area contributed by atoms with E-state index in [0.717, 1.165) is 12.5 Å². The lowest BCUT2D eigenvalue weighted by atomic mass is 10.3. The van der Waals surface area contributed by atoms with E-state index >= 15 is 0 Å². The predicted molar refractivity (Wildman–Crippen MR) is 53.3 cm³/mol. The largest absolute Gasteiger partial charge is 0.508 e. The van der Waals surface area contributed by atoms with Crippen LogP contribution in [0.4, 0.5) is 4.79 Å². The molecule has 0 rings (SSSR count). The van der Waals surface area contributed by atoms with Crippen molar-refractivity contribution in [3.8, 4) is 0 Å². The minimum Gasteiger partial charge on any atom is -0.459 e. The van der Waals surface area contributed by atoms with Crippen LogP contribution in [-0.4, -0.2) is 31.4 Å². The molecule has 86 valence electrons. The Labute approximate surface area is 89.0 Å². The van der Waals surface area contributed by atoms with Gasteiger partial charge in [-0.05, 0) is 13.3 Å². The van der Waals surface area contributed by atoms with Crippen LogP contribution >= 0.6 is 0 Å². The molecule has 5 heteroatoms. The zero-order valence-corrected chi connectivity index (χ0v) is 9.02. The normalized spacial score (nSPS) is 11.3. The third-order valence-electron chi connectivity index (χ3n) is 1.59. The number of ether oxygens (including phenoxy) is 3. The zero-order valence-electron chi connectivity index (χ0n) is 9.02. The lowest BCUT2D eigenvalue weighted by Gasteiger charge is -2.10. The summed E-state index contributed by atoms with van der Waals surface area (Å²) in [5.41, 5.74) is 0. The van der Waals surface area contributed by atoms with Gasteiger partial charge in [-0.2, -0.15) is 0 Å². The van der Waals surface area contributed by atoms with E-state index in [4.69, 9.17) is 4.74 Å². The van der Waals surface area contributed by atoms with E-state index in [9.17, 15) is 9.59 Å². The zero-order chi connectivity index (χ0) is 11.7. The van der Waals surface area contributed by atoms with Crippen LogP contribution in [0, 0.1) is 0 Å². The Morgan fingerprint density at radius 2 is 1.93 bits per heavy atom. The fourth-order valence-electron chi connectivity index (χ4n) is 0.608. The van der Waals surface area contributed by atoms with Crippen molar-refractivity contribution in [3.63, 3.8) is 0 Å². The Balaban J connectivity index is 3.47. The summed E-state index contributed by atoms with van der Waals surface area (Å²) in [5.74, 6) is -0.547. The van der Waals surface area contributed by atoms with Gasteiger partial charge in [0, 0.05) is 6.08 Å². The standard InChI is InChI=1S/C10H16O5/c1-4-8(3)15-10(12)14-7-6-13-9(11)5-2/h5,8H,2,4,6-7H2,1,3H3. The first-order valence-electron chi connectivity index (χ1n) is 4.72. The van der Waals surface area contributed by atoms with E-state index in [1.807, 2.05) is 6.92 Å². The molecule has 0 heterocycles.